The highest BCUT2D eigenvalue weighted by Gasteiger charge is 2.20. The minimum absolute atomic E-state index is 0.907. The van der Waals surface area contributed by atoms with Gasteiger partial charge in [0.2, 0.25) is 5.95 Å². The number of piperidine rings is 1. The van der Waals surface area contributed by atoms with Crippen molar-refractivity contribution in [3.63, 3.8) is 0 Å². The van der Waals surface area contributed by atoms with Crippen LogP contribution >= 0.6 is 0 Å². The molecule has 0 atom stereocenters. The highest BCUT2D eigenvalue weighted by molar-refractivity contribution is 5.65. The van der Waals surface area contributed by atoms with Gasteiger partial charge in [-0.05, 0) is 32.1 Å². The summed E-state index contributed by atoms with van der Waals surface area (Å²) in [6, 6.07) is 12.6. The Morgan fingerprint density at radius 3 is 2.09 bits per heavy atom. The summed E-state index contributed by atoms with van der Waals surface area (Å²) >= 11 is 0. The van der Waals surface area contributed by atoms with E-state index < -0.39 is 0 Å². The van der Waals surface area contributed by atoms with Gasteiger partial charge in [0.05, 0.1) is 5.69 Å². The van der Waals surface area contributed by atoms with Crippen molar-refractivity contribution in [2.24, 2.45) is 0 Å². The van der Waals surface area contributed by atoms with Crippen LogP contribution in [-0.2, 0) is 0 Å². The summed E-state index contributed by atoms with van der Waals surface area (Å²) in [5.74, 6) is 2.00. The third-order valence-electron chi connectivity index (χ3n) is 4.84. The first-order chi connectivity index (χ1) is 11.4. The molecular formula is C19H24N4. The lowest BCUT2D eigenvalue weighted by molar-refractivity contribution is 0.573. The quantitative estimate of drug-likeness (QED) is 0.865. The van der Waals surface area contributed by atoms with Crippen molar-refractivity contribution in [3.8, 4) is 11.3 Å². The predicted octanol–water partition coefficient (Wildman–Crippen LogP) is 3.73. The molecule has 2 aliphatic heterocycles. The molecule has 4 rings (SSSR count). The molecule has 0 spiro atoms. The number of hydrogen-bond acceptors (Lipinski definition) is 4. The van der Waals surface area contributed by atoms with Crippen molar-refractivity contribution < 1.29 is 0 Å². The summed E-state index contributed by atoms with van der Waals surface area (Å²) in [4.78, 5) is 14.5. The zero-order valence-electron chi connectivity index (χ0n) is 13.6. The van der Waals surface area contributed by atoms with Gasteiger partial charge in [0.1, 0.15) is 5.82 Å². The first-order valence-corrected chi connectivity index (χ1v) is 8.84. The van der Waals surface area contributed by atoms with Crippen molar-refractivity contribution >= 4 is 11.8 Å². The van der Waals surface area contributed by atoms with Gasteiger partial charge in [-0.25, -0.2) is 4.98 Å². The number of nitrogens with zero attached hydrogens (tertiary/aromatic N) is 4. The van der Waals surface area contributed by atoms with Crippen molar-refractivity contribution in [2.45, 2.75) is 32.1 Å². The molecule has 1 aromatic heterocycles. The van der Waals surface area contributed by atoms with Crippen LogP contribution in [0.1, 0.15) is 32.1 Å². The molecule has 4 nitrogen and oxygen atoms in total. The molecule has 2 saturated heterocycles. The standard InChI is InChI=1S/C19H24N4/c1-3-9-16(10-4-1)17-15-18(22-11-5-2-6-12-22)21-19(20-17)23-13-7-8-14-23/h1,3-4,9-10,15H,2,5-8,11-14H2. The molecule has 2 aliphatic rings. The minimum atomic E-state index is 0.907. The van der Waals surface area contributed by atoms with E-state index in [1.165, 1.54) is 37.7 Å². The summed E-state index contributed by atoms with van der Waals surface area (Å²) in [7, 11) is 0. The molecule has 0 N–H and O–H groups in total. The van der Waals surface area contributed by atoms with E-state index >= 15 is 0 Å². The fourth-order valence-electron chi connectivity index (χ4n) is 3.52. The second-order valence-electron chi connectivity index (χ2n) is 6.52. The Morgan fingerprint density at radius 2 is 1.35 bits per heavy atom. The van der Waals surface area contributed by atoms with E-state index in [9.17, 15) is 0 Å². The van der Waals surface area contributed by atoms with Gasteiger partial charge in [-0.2, -0.15) is 4.98 Å². The van der Waals surface area contributed by atoms with Gasteiger partial charge >= 0.3 is 0 Å². The van der Waals surface area contributed by atoms with Crippen LogP contribution in [0.25, 0.3) is 11.3 Å². The van der Waals surface area contributed by atoms with Gasteiger partial charge in [-0.3, -0.25) is 0 Å². The van der Waals surface area contributed by atoms with Crippen LogP contribution < -0.4 is 9.80 Å². The summed E-state index contributed by atoms with van der Waals surface area (Å²) in [5, 5.41) is 0. The monoisotopic (exact) mass is 308 g/mol. The Hall–Kier alpha value is -2.10. The van der Waals surface area contributed by atoms with Crippen LogP contribution in [-0.4, -0.2) is 36.1 Å². The minimum Gasteiger partial charge on any atom is -0.356 e. The molecule has 0 aliphatic carbocycles. The molecule has 4 heteroatoms. The fourth-order valence-corrected chi connectivity index (χ4v) is 3.52. The molecule has 0 bridgehead atoms. The SMILES string of the molecule is c1ccc(-c2cc(N3CCCCC3)nc(N3CCCC3)n2)cc1. The Labute approximate surface area is 138 Å². The fraction of sp³-hybridized carbons (Fsp3) is 0.474. The third-order valence-corrected chi connectivity index (χ3v) is 4.84. The van der Waals surface area contributed by atoms with E-state index in [0.717, 1.165) is 43.6 Å². The maximum atomic E-state index is 4.91. The first-order valence-electron chi connectivity index (χ1n) is 8.84. The molecule has 2 aromatic rings. The molecular weight excluding hydrogens is 284 g/mol. The number of anilines is 2. The van der Waals surface area contributed by atoms with Crippen LogP contribution in [0, 0.1) is 0 Å². The normalized spacial score (nSPS) is 18.4. The van der Waals surface area contributed by atoms with Gasteiger partial charge in [0, 0.05) is 37.8 Å². The maximum Gasteiger partial charge on any atom is 0.227 e. The smallest absolute Gasteiger partial charge is 0.227 e. The number of hydrogen-bond donors (Lipinski definition) is 0. The maximum absolute atomic E-state index is 4.91. The topological polar surface area (TPSA) is 32.3 Å². The van der Waals surface area contributed by atoms with Crippen LogP contribution in [0.4, 0.5) is 11.8 Å². The van der Waals surface area contributed by atoms with Crippen molar-refractivity contribution in [1.82, 2.24) is 9.97 Å². The molecule has 0 unspecified atom stereocenters. The largest absolute Gasteiger partial charge is 0.356 e. The highest BCUT2D eigenvalue weighted by Crippen LogP contribution is 2.27. The van der Waals surface area contributed by atoms with Crippen molar-refractivity contribution in [2.75, 3.05) is 36.0 Å². The average molecular weight is 308 g/mol. The Balaban J connectivity index is 1.73. The number of rotatable bonds is 3. The second-order valence-corrected chi connectivity index (χ2v) is 6.52. The van der Waals surface area contributed by atoms with Gasteiger partial charge in [-0.1, -0.05) is 30.3 Å². The molecule has 3 heterocycles. The zero-order valence-corrected chi connectivity index (χ0v) is 13.6. The van der Waals surface area contributed by atoms with Crippen LogP contribution in [0.5, 0.6) is 0 Å². The lowest BCUT2D eigenvalue weighted by atomic mass is 10.1. The van der Waals surface area contributed by atoms with E-state index in [1.54, 1.807) is 0 Å². The Morgan fingerprint density at radius 1 is 0.696 bits per heavy atom. The predicted molar refractivity (Wildman–Crippen MR) is 95.0 cm³/mol. The molecule has 1 aromatic carbocycles. The molecule has 0 radical (unpaired) electrons. The number of aromatic nitrogens is 2. The molecule has 23 heavy (non-hydrogen) atoms. The van der Waals surface area contributed by atoms with E-state index in [4.69, 9.17) is 9.97 Å². The Kier molecular flexibility index (Phi) is 4.14. The van der Waals surface area contributed by atoms with Crippen molar-refractivity contribution in [3.05, 3.63) is 36.4 Å². The third kappa shape index (κ3) is 3.16. The van der Waals surface area contributed by atoms with Gasteiger partial charge in [0.25, 0.3) is 0 Å². The van der Waals surface area contributed by atoms with Gasteiger partial charge in [-0.15, -0.1) is 0 Å². The first kappa shape index (κ1) is 14.5. The summed E-state index contributed by atoms with van der Waals surface area (Å²) in [5.41, 5.74) is 2.22. The summed E-state index contributed by atoms with van der Waals surface area (Å²) < 4.78 is 0. The summed E-state index contributed by atoms with van der Waals surface area (Å²) in [6.45, 7) is 4.39. The Bertz CT molecular complexity index is 644. The molecule has 0 saturated carbocycles. The van der Waals surface area contributed by atoms with Gasteiger partial charge in [0.15, 0.2) is 0 Å². The molecule has 120 valence electrons. The summed E-state index contributed by atoms with van der Waals surface area (Å²) in [6.07, 6.45) is 6.37. The average Bonchev–Trinajstić information content (AvgIpc) is 3.18. The van der Waals surface area contributed by atoms with E-state index in [2.05, 4.69) is 46.2 Å². The molecule has 0 amide bonds. The van der Waals surface area contributed by atoms with Crippen molar-refractivity contribution in [1.29, 1.82) is 0 Å². The second kappa shape index (κ2) is 6.57. The van der Waals surface area contributed by atoms with E-state index in [1.807, 2.05) is 0 Å². The lowest BCUT2D eigenvalue weighted by Crippen LogP contribution is -2.31. The lowest BCUT2D eigenvalue weighted by Gasteiger charge is -2.29. The zero-order chi connectivity index (χ0) is 15.5. The van der Waals surface area contributed by atoms with Crippen LogP contribution in [0.3, 0.4) is 0 Å². The van der Waals surface area contributed by atoms with E-state index in [0.29, 0.717) is 0 Å². The van der Waals surface area contributed by atoms with Crippen LogP contribution in [0.2, 0.25) is 0 Å². The molecule has 2 fully saturated rings. The van der Waals surface area contributed by atoms with Gasteiger partial charge < -0.3 is 9.80 Å². The van der Waals surface area contributed by atoms with E-state index in [-0.39, 0.29) is 0 Å². The number of benzene rings is 1. The van der Waals surface area contributed by atoms with Crippen LogP contribution in [0.15, 0.2) is 36.4 Å². The highest BCUT2D eigenvalue weighted by atomic mass is 15.3.